The van der Waals surface area contributed by atoms with E-state index in [1.807, 2.05) is 18.2 Å². The molecule has 20 heavy (non-hydrogen) atoms. The van der Waals surface area contributed by atoms with Gasteiger partial charge < -0.3 is 5.11 Å². The van der Waals surface area contributed by atoms with Crippen molar-refractivity contribution in [1.29, 1.82) is 0 Å². The molecule has 0 bridgehead atoms. The van der Waals surface area contributed by atoms with Crippen LogP contribution in [0.1, 0.15) is 28.3 Å². The summed E-state index contributed by atoms with van der Waals surface area (Å²) in [6.45, 7) is 0. The van der Waals surface area contributed by atoms with E-state index in [9.17, 15) is 9.00 Å². The van der Waals surface area contributed by atoms with Crippen molar-refractivity contribution in [2.75, 3.05) is 0 Å². The summed E-state index contributed by atoms with van der Waals surface area (Å²) in [4.78, 5) is 11.6. The molecule has 102 valence electrons. The first-order chi connectivity index (χ1) is 9.66. The first-order valence-electron chi connectivity index (χ1n) is 6.45. The van der Waals surface area contributed by atoms with Crippen LogP contribution in [0.5, 0.6) is 0 Å². The molecule has 2 aromatic rings. The highest BCUT2D eigenvalue weighted by Gasteiger charge is 2.43. The molecule has 3 unspecified atom stereocenters. The Hall–Kier alpha value is -1.94. The van der Waals surface area contributed by atoms with Crippen molar-refractivity contribution in [2.45, 2.75) is 22.5 Å². The van der Waals surface area contributed by atoms with Crippen molar-refractivity contribution in [3.8, 4) is 0 Å². The predicted molar refractivity (Wildman–Crippen MR) is 77.4 cm³/mol. The quantitative estimate of drug-likeness (QED) is 0.940. The van der Waals surface area contributed by atoms with Gasteiger partial charge in [0.2, 0.25) is 0 Å². The number of aromatic carboxylic acids is 1. The minimum atomic E-state index is -1.14. The van der Waals surface area contributed by atoms with Crippen molar-refractivity contribution in [1.82, 2.24) is 0 Å². The van der Waals surface area contributed by atoms with Gasteiger partial charge in [0.25, 0.3) is 0 Å². The van der Waals surface area contributed by atoms with E-state index in [1.165, 1.54) is 17.7 Å². The predicted octanol–water partition coefficient (Wildman–Crippen LogP) is 3.05. The molecule has 1 fully saturated rings. The third-order valence-corrected chi connectivity index (χ3v) is 5.34. The van der Waals surface area contributed by atoms with Crippen LogP contribution >= 0.6 is 0 Å². The van der Waals surface area contributed by atoms with Gasteiger partial charge in [0.15, 0.2) is 0 Å². The molecule has 3 nitrogen and oxygen atoms in total. The topological polar surface area (TPSA) is 54.4 Å². The summed E-state index contributed by atoms with van der Waals surface area (Å²) in [5.74, 6) is -0.662. The lowest BCUT2D eigenvalue weighted by Crippen LogP contribution is -2.03. The average Bonchev–Trinajstić information content (AvgIpc) is 3.28. The fourth-order valence-electron chi connectivity index (χ4n) is 2.39. The molecule has 3 rings (SSSR count). The van der Waals surface area contributed by atoms with Crippen LogP contribution in [0.2, 0.25) is 0 Å². The molecule has 0 aromatic heterocycles. The zero-order chi connectivity index (χ0) is 14.1. The van der Waals surface area contributed by atoms with Gasteiger partial charge in [-0.2, -0.15) is 0 Å². The number of rotatable bonds is 4. The number of benzene rings is 2. The molecule has 1 aliphatic carbocycles. The van der Waals surface area contributed by atoms with Gasteiger partial charge in [-0.15, -0.1) is 0 Å². The monoisotopic (exact) mass is 286 g/mol. The summed E-state index contributed by atoms with van der Waals surface area (Å²) in [6.07, 6.45) is 0.897. The zero-order valence-electron chi connectivity index (χ0n) is 10.7. The minimum absolute atomic E-state index is 0.0986. The summed E-state index contributed by atoms with van der Waals surface area (Å²) >= 11 is 0. The second-order valence-electron chi connectivity index (χ2n) is 4.92. The second-order valence-corrected chi connectivity index (χ2v) is 6.59. The third kappa shape index (κ3) is 2.51. The van der Waals surface area contributed by atoms with Crippen LogP contribution in [0, 0.1) is 0 Å². The van der Waals surface area contributed by atoms with Gasteiger partial charge in [-0.1, -0.05) is 36.4 Å². The number of carbonyl (C=O) groups is 1. The Labute approximate surface area is 119 Å². The largest absolute Gasteiger partial charge is 0.478 e. The first kappa shape index (κ1) is 13.1. The SMILES string of the molecule is O=C(O)c1cccc(S(=O)C2CC2c2ccccc2)c1. The van der Waals surface area contributed by atoms with Crippen LogP contribution in [0.4, 0.5) is 0 Å². The van der Waals surface area contributed by atoms with Crippen molar-refractivity contribution in [3.05, 3.63) is 65.7 Å². The molecular weight excluding hydrogens is 272 g/mol. The van der Waals surface area contributed by atoms with E-state index in [-0.39, 0.29) is 10.8 Å². The van der Waals surface area contributed by atoms with E-state index in [0.29, 0.717) is 10.8 Å². The molecule has 1 saturated carbocycles. The van der Waals surface area contributed by atoms with E-state index in [1.54, 1.807) is 12.1 Å². The third-order valence-electron chi connectivity index (χ3n) is 3.55. The summed E-state index contributed by atoms with van der Waals surface area (Å²) in [5, 5.41) is 9.07. The van der Waals surface area contributed by atoms with Gasteiger partial charge in [-0.05, 0) is 36.1 Å². The molecule has 0 saturated heterocycles. The fraction of sp³-hybridized carbons (Fsp3) is 0.188. The van der Waals surface area contributed by atoms with Crippen LogP contribution < -0.4 is 0 Å². The molecule has 0 radical (unpaired) electrons. The normalized spacial score (nSPS) is 22.2. The van der Waals surface area contributed by atoms with E-state index in [4.69, 9.17) is 5.11 Å². The highest BCUT2D eigenvalue weighted by molar-refractivity contribution is 7.86. The average molecular weight is 286 g/mol. The van der Waals surface area contributed by atoms with E-state index < -0.39 is 16.8 Å². The van der Waals surface area contributed by atoms with Crippen molar-refractivity contribution in [2.24, 2.45) is 0 Å². The van der Waals surface area contributed by atoms with Crippen molar-refractivity contribution >= 4 is 16.8 Å². The van der Waals surface area contributed by atoms with Crippen molar-refractivity contribution < 1.29 is 14.1 Å². The Morgan fingerprint density at radius 1 is 1.10 bits per heavy atom. The molecule has 4 heteroatoms. The fourth-order valence-corrected chi connectivity index (χ4v) is 4.03. The summed E-state index contributed by atoms with van der Waals surface area (Å²) in [7, 11) is -1.14. The second kappa shape index (κ2) is 5.21. The van der Waals surface area contributed by atoms with Crippen molar-refractivity contribution in [3.63, 3.8) is 0 Å². The van der Waals surface area contributed by atoms with Gasteiger partial charge in [-0.25, -0.2) is 4.79 Å². The smallest absolute Gasteiger partial charge is 0.335 e. The highest BCUT2D eigenvalue weighted by atomic mass is 32.2. The lowest BCUT2D eigenvalue weighted by atomic mass is 10.1. The maximum Gasteiger partial charge on any atom is 0.335 e. The van der Waals surface area contributed by atoms with E-state index >= 15 is 0 Å². The van der Waals surface area contributed by atoms with Crippen LogP contribution in [-0.4, -0.2) is 20.5 Å². The van der Waals surface area contributed by atoms with Gasteiger partial charge >= 0.3 is 5.97 Å². The van der Waals surface area contributed by atoms with Crippen LogP contribution in [-0.2, 0) is 10.8 Å². The minimum Gasteiger partial charge on any atom is -0.478 e. The molecule has 0 spiro atoms. The lowest BCUT2D eigenvalue weighted by Gasteiger charge is -2.03. The number of carboxylic acids is 1. The highest BCUT2D eigenvalue weighted by Crippen LogP contribution is 2.46. The van der Waals surface area contributed by atoms with Crippen LogP contribution in [0.15, 0.2) is 59.5 Å². The molecule has 0 amide bonds. The maximum absolute atomic E-state index is 12.5. The molecule has 2 aromatic carbocycles. The number of carboxylic acid groups (broad SMARTS) is 1. The molecular formula is C16H14O3S. The molecule has 0 aliphatic heterocycles. The first-order valence-corrected chi connectivity index (χ1v) is 7.67. The Morgan fingerprint density at radius 3 is 2.55 bits per heavy atom. The zero-order valence-corrected chi connectivity index (χ0v) is 11.5. The van der Waals surface area contributed by atoms with Crippen LogP contribution in [0.3, 0.4) is 0 Å². The lowest BCUT2D eigenvalue weighted by molar-refractivity contribution is 0.0696. The summed E-state index contributed by atoms with van der Waals surface area (Å²) < 4.78 is 12.5. The number of hydrogen-bond donors (Lipinski definition) is 1. The Balaban J connectivity index is 1.78. The standard InChI is InChI=1S/C16H14O3S/c17-16(18)12-7-4-8-13(9-12)20(19)15-10-14(15)11-5-2-1-3-6-11/h1-9,14-15H,10H2,(H,17,18). The van der Waals surface area contributed by atoms with Gasteiger partial charge in [0, 0.05) is 10.1 Å². The van der Waals surface area contributed by atoms with Gasteiger partial charge in [0.1, 0.15) is 0 Å². The van der Waals surface area contributed by atoms with E-state index in [2.05, 4.69) is 12.1 Å². The Morgan fingerprint density at radius 2 is 1.85 bits per heavy atom. The number of hydrogen-bond acceptors (Lipinski definition) is 2. The molecule has 3 atom stereocenters. The van der Waals surface area contributed by atoms with E-state index in [0.717, 1.165) is 6.42 Å². The maximum atomic E-state index is 12.5. The van der Waals surface area contributed by atoms with Gasteiger partial charge in [-0.3, -0.25) is 4.21 Å². The molecule has 1 aliphatic rings. The molecule has 0 heterocycles. The Kier molecular flexibility index (Phi) is 3.40. The molecule has 1 N–H and O–H groups in total. The summed E-state index contributed by atoms with van der Waals surface area (Å²) in [5.41, 5.74) is 1.40. The Bertz CT molecular complexity index is 666. The van der Waals surface area contributed by atoms with Gasteiger partial charge in [0.05, 0.1) is 16.4 Å². The summed E-state index contributed by atoms with van der Waals surface area (Å²) in [6, 6.07) is 16.5. The van der Waals surface area contributed by atoms with Crippen LogP contribution in [0.25, 0.3) is 0 Å².